The smallest absolute Gasteiger partial charge is 0.163 e. The number of aromatic nitrogens is 2. The van der Waals surface area contributed by atoms with Crippen molar-refractivity contribution in [2.24, 2.45) is 5.92 Å². The van der Waals surface area contributed by atoms with Crippen LogP contribution in [0.4, 0.5) is 0 Å². The van der Waals surface area contributed by atoms with Gasteiger partial charge in [0.2, 0.25) is 0 Å². The maximum atomic E-state index is 5.60. The lowest BCUT2D eigenvalue weighted by molar-refractivity contribution is 0.172. The first kappa shape index (κ1) is 11.1. The molecule has 1 aromatic carbocycles. The topological polar surface area (TPSA) is 59.2 Å². The average molecular weight is 259 g/mol. The van der Waals surface area contributed by atoms with E-state index in [-0.39, 0.29) is 0 Å². The number of rotatable bonds is 1. The summed E-state index contributed by atoms with van der Waals surface area (Å²) in [5.74, 6) is 3.75. The first-order valence-electron chi connectivity index (χ1n) is 6.81. The van der Waals surface area contributed by atoms with Gasteiger partial charge in [-0.05, 0) is 12.5 Å². The van der Waals surface area contributed by atoms with Gasteiger partial charge in [-0.3, -0.25) is 0 Å². The molecule has 3 heterocycles. The van der Waals surface area contributed by atoms with Crippen LogP contribution >= 0.6 is 0 Å². The van der Waals surface area contributed by atoms with Crippen LogP contribution in [0.15, 0.2) is 12.1 Å². The lowest BCUT2D eigenvalue weighted by Gasteiger charge is -2.17. The Hall–Kier alpha value is -1.75. The highest BCUT2D eigenvalue weighted by Crippen LogP contribution is 2.35. The average Bonchev–Trinajstić information content (AvgIpc) is 3.01. The van der Waals surface area contributed by atoms with Gasteiger partial charge in [0.25, 0.3) is 0 Å². The fourth-order valence-electron chi connectivity index (χ4n) is 2.92. The van der Waals surface area contributed by atoms with Crippen molar-refractivity contribution >= 4 is 11.0 Å². The van der Waals surface area contributed by atoms with Crippen molar-refractivity contribution in [2.45, 2.75) is 12.8 Å². The molecule has 2 aliphatic heterocycles. The number of ether oxygens (including phenoxy) is 2. The molecule has 5 heteroatoms. The van der Waals surface area contributed by atoms with Crippen LogP contribution in [0.5, 0.6) is 11.5 Å². The standard InChI is InChI=1S/C14H17N3O2/c1-8-6-15-7-9(8)14-16-10-4-12-13(5-11(10)17-14)19-3-2-18-12/h4-5,8-9,15H,2-3,6-7H2,1H3,(H,16,17)/t8-,9-/m1/s1. The summed E-state index contributed by atoms with van der Waals surface area (Å²) in [5.41, 5.74) is 1.98. The van der Waals surface area contributed by atoms with E-state index in [0.29, 0.717) is 25.0 Å². The molecule has 0 saturated carbocycles. The Kier molecular flexibility index (Phi) is 2.41. The van der Waals surface area contributed by atoms with Gasteiger partial charge in [0.05, 0.1) is 11.0 Å². The van der Waals surface area contributed by atoms with E-state index in [0.717, 1.165) is 41.4 Å². The van der Waals surface area contributed by atoms with Crippen molar-refractivity contribution < 1.29 is 9.47 Å². The van der Waals surface area contributed by atoms with Crippen molar-refractivity contribution in [1.82, 2.24) is 15.3 Å². The lowest BCUT2D eigenvalue weighted by Crippen LogP contribution is -2.15. The molecule has 0 spiro atoms. The molecular weight excluding hydrogens is 242 g/mol. The molecule has 2 atom stereocenters. The third kappa shape index (κ3) is 1.76. The zero-order chi connectivity index (χ0) is 12.8. The van der Waals surface area contributed by atoms with Crippen molar-refractivity contribution in [3.8, 4) is 11.5 Å². The number of hydrogen-bond acceptors (Lipinski definition) is 4. The highest BCUT2D eigenvalue weighted by Gasteiger charge is 2.27. The number of aromatic amines is 1. The van der Waals surface area contributed by atoms with E-state index in [1.165, 1.54) is 0 Å². The predicted octanol–water partition coefficient (Wildman–Crippen LogP) is 1.66. The molecule has 1 fully saturated rings. The van der Waals surface area contributed by atoms with Gasteiger partial charge in [-0.15, -0.1) is 0 Å². The van der Waals surface area contributed by atoms with E-state index < -0.39 is 0 Å². The summed E-state index contributed by atoms with van der Waals surface area (Å²) in [4.78, 5) is 8.15. The minimum Gasteiger partial charge on any atom is -0.486 e. The van der Waals surface area contributed by atoms with E-state index in [1.54, 1.807) is 0 Å². The van der Waals surface area contributed by atoms with Crippen LogP contribution in [-0.4, -0.2) is 36.3 Å². The van der Waals surface area contributed by atoms with Gasteiger partial charge in [0.1, 0.15) is 19.0 Å². The number of hydrogen-bond donors (Lipinski definition) is 2. The molecule has 0 radical (unpaired) electrons. The largest absolute Gasteiger partial charge is 0.486 e. The van der Waals surface area contributed by atoms with Gasteiger partial charge in [-0.25, -0.2) is 4.98 Å². The maximum absolute atomic E-state index is 5.60. The lowest BCUT2D eigenvalue weighted by atomic mass is 9.98. The van der Waals surface area contributed by atoms with Gasteiger partial charge in [-0.1, -0.05) is 6.92 Å². The van der Waals surface area contributed by atoms with Crippen LogP contribution < -0.4 is 14.8 Å². The molecule has 4 rings (SSSR count). The SMILES string of the molecule is C[C@@H]1CNC[C@H]1c1nc2cc3c(cc2[nH]1)OCCO3. The molecule has 19 heavy (non-hydrogen) atoms. The second kappa shape index (κ2) is 4.13. The van der Waals surface area contributed by atoms with E-state index in [1.807, 2.05) is 12.1 Å². The van der Waals surface area contributed by atoms with E-state index in [9.17, 15) is 0 Å². The van der Waals surface area contributed by atoms with Crippen molar-refractivity contribution in [2.75, 3.05) is 26.3 Å². The van der Waals surface area contributed by atoms with Gasteiger partial charge in [0.15, 0.2) is 11.5 Å². The molecule has 1 saturated heterocycles. The highest BCUT2D eigenvalue weighted by atomic mass is 16.6. The minimum atomic E-state index is 0.464. The molecule has 1 aromatic heterocycles. The fraction of sp³-hybridized carbons (Fsp3) is 0.500. The summed E-state index contributed by atoms with van der Waals surface area (Å²) in [6.45, 7) is 5.54. The summed E-state index contributed by atoms with van der Waals surface area (Å²) >= 11 is 0. The number of nitrogens with one attached hydrogen (secondary N) is 2. The van der Waals surface area contributed by atoms with Gasteiger partial charge >= 0.3 is 0 Å². The summed E-state index contributed by atoms with van der Waals surface area (Å²) in [5, 5.41) is 3.41. The Morgan fingerprint density at radius 3 is 2.68 bits per heavy atom. The summed E-state index contributed by atoms with van der Waals surface area (Å²) < 4.78 is 11.2. The number of H-pyrrole nitrogens is 1. The molecule has 100 valence electrons. The first-order chi connectivity index (χ1) is 9.31. The normalized spacial score (nSPS) is 25.9. The predicted molar refractivity (Wildman–Crippen MR) is 71.9 cm³/mol. The molecule has 2 aliphatic rings. The van der Waals surface area contributed by atoms with Crippen LogP contribution in [-0.2, 0) is 0 Å². The molecule has 0 amide bonds. The van der Waals surface area contributed by atoms with Crippen molar-refractivity contribution in [3.63, 3.8) is 0 Å². The molecule has 0 bridgehead atoms. The van der Waals surface area contributed by atoms with Crippen molar-refractivity contribution in [1.29, 1.82) is 0 Å². The fourth-order valence-corrected chi connectivity index (χ4v) is 2.92. The van der Waals surface area contributed by atoms with Crippen LogP contribution in [0, 0.1) is 5.92 Å². The first-order valence-corrected chi connectivity index (χ1v) is 6.81. The second-order valence-corrected chi connectivity index (χ2v) is 5.38. The number of fused-ring (bicyclic) bond motifs is 2. The molecule has 5 nitrogen and oxygen atoms in total. The Morgan fingerprint density at radius 1 is 1.16 bits per heavy atom. The van der Waals surface area contributed by atoms with Gasteiger partial charge in [-0.2, -0.15) is 0 Å². The van der Waals surface area contributed by atoms with Crippen LogP contribution in [0.1, 0.15) is 18.7 Å². The number of imidazole rings is 1. The van der Waals surface area contributed by atoms with Crippen molar-refractivity contribution in [3.05, 3.63) is 18.0 Å². The van der Waals surface area contributed by atoms with E-state index in [4.69, 9.17) is 14.5 Å². The third-order valence-corrected chi connectivity index (χ3v) is 4.03. The molecule has 2 N–H and O–H groups in total. The van der Waals surface area contributed by atoms with Crippen LogP contribution in [0.3, 0.4) is 0 Å². The van der Waals surface area contributed by atoms with Gasteiger partial charge < -0.3 is 19.8 Å². The zero-order valence-electron chi connectivity index (χ0n) is 10.9. The van der Waals surface area contributed by atoms with Gasteiger partial charge in [0, 0.05) is 24.6 Å². The Bertz CT molecular complexity index is 579. The van der Waals surface area contributed by atoms with Crippen LogP contribution in [0.2, 0.25) is 0 Å². The summed E-state index contributed by atoms with van der Waals surface area (Å²) in [6, 6.07) is 3.96. The quantitative estimate of drug-likeness (QED) is 0.817. The molecular formula is C14H17N3O2. The molecule has 2 aromatic rings. The molecule has 0 unspecified atom stereocenters. The summed E-state index contributed by atoms with van der Waals surface area (Å²) in [6.07, 6.45) is 0. The third-order valence-electron chi connectivity index (χ3n) is 4.03. The maximum Gasteiger partial charge on any atom is 0.163 e. The highest BCUT2D eigenvalue weighted by molar-refractivity contribution is 5.80. The van der Waals surface area contributed by atoms with E-state index in [2.05, 4.69) is 17.2 Å². The number of benzene rings is 1. The number of nitrogens with zero attached hydrogens (tertiary/aromatic N) is 1. The minimum absolute atomic E-state index is 0.464. The van der Waals surface area contributed by atoms with E-state index >= 15 is 0 Å². The van der Waals surface area contributed by atoms with Crippen LogP contribution in [0.25, 0.3) is 11.0 Å². The zero-order valence-corrected chi connectivity index (χ0v) is 10.9. The monoisotopic (exact) mass is 259 g/mol. The molecule has 0 aliphatic carbocycles. The Balaban J connectivity index is 1.78. The summed E-state index contributed by atoms with van der Waals surface area (Å²) in [7, 11) is 0. The Labute approximate surface area is 111 Å². The Morgan fingerprint density at radius 2 is 1.95 bits per heavy atom. The second-order valence-electron chi connectivity index (χ2n) is 5.38.